The summed E-state index contributed by atoms with van der Waals surface area (Å²) in [5, 5.41) is 2.47. The number of para-hydroxylation sites is 2. The van der Waals surface area contributed by atoms with Crippen molar-refractivity contribution in [3.05, 3.63) is 266 Å². The quantitative estimate of drug-likeness (QED) is 0.147. The van der Waals surface area contributed by atoms with E-state index in [0.29, 0.717) is 0 Å². The normalized spacial score (nSPS) is 12.9. The number of anilines is 6. The fraction of sp³-hybridized carbons (Fsp3) is 0.108. The monoisotopic (exact) mass is 1000 g/mol. The molecular weight excluding hydrogens is 942 g/mol. The zero-order valence-electron chi connectivity index (χ0n) is 45.2. The van der Waals surface area contributed by atoms with Crippen LogP contribution in [0.3, 0.4) is 0 Å². The summed E-state index contributed by atoms with van der Waals surface area (Å²) in [7, 11) is 0. The minimum absolute atomic E-state index is 0.133. The van der Waals surface area contributed by atoms with Crippen molar-refractivity contribution in [2.24, 2.45) is 0 Å². The molecule has 0 bridgehead atoms. The summed E-state index contributed by atoms with van der Waals surface area (Å²) < 4.78 is 2.51. The molecule has 0 N–H and O–H groups in total. The molecule has 2 aliphatic rings. The van der Waals surface area contributed by atoms with Gasteiger partial charge in [-0.05, 0) is 144 Å². The molecule has 14 rings (SSSR count). The van der Waals surface area contributed by atoms with Crippen LogP contribution < -0.4 is 26.2 Å². The second-order valence-electron chi connectivity index (χ2n) is 23.3. The molecule has 0 saturated carbocycles. The molecule has 0 amide bonds. The van der Waals surface area contributed by atoms with Crippen molar-refractivity contribution in [2.45, 2.75) is 52.4 Å². The third-order valence-electron chi connectivity index (χ3n) is 16.4. The molecule has 0 radical (unpaired) electrons. The molecule has 11 aromatic carbocycles. The molecule has 1 aromatic heterocycles. The van der Waals surface area contributed by atoms with E-state index in [4.69, 9.17) is 0 Å². The number of fused-ring (bicyclic) bond motifs is 7. The van der Waals surface area contributed by atoms with Gasteiger partial charge in [-0.25, -0.2) is 0 Å². The molecule has 3 heterocycles. The van der Waals surface area contributed by atoms with Gasteiger partial charge in [-0.1, -0.05) is 236 Å². The first-order valence-corrected chi connectivity index (χ1v) is 27.5. The summed E-state index contributed by atoms with van der Waals surface area (Å²) in [4.78, 5) is 5.22. The average Bonchev–Trinajstić information content (AvgIpc) is 3.18. The Morgan fingerprint density at radius 1 is 0.295 bits per heavy atom. The lowest BCUT2D eigenvalue weighted by Crippen LogP contribution is -2.62. The Morgan fingerprint density at radius 2 is 0.654 bits per heavy atom. The van der Waals surface area contributed by atoms with E-state index >= 15 is 0 Å². The Balaban J connectivity index is 1.17. The minimum atomic E-state index is -0.184. The predicted molar refractivity (Wildman–Crippen MR) is 334 cm³/mol. The Kier molecular flexibility index (Phi) is 11.1. The van der Waals surface area contributed by atoms with Crippen LogP contribution in [0.25, 0.3) is 72.0 Å². The predicted octanol–water partition coefficient (Wildman–Crippen LogP) is 18.1. The van der Waals surface area contributed by atoms with Gasteiger partial charge in [0.2, 0.25) is 0 Å². The molecule has 0 aliphatic carbocycles. The maximum atomic E-state index is 2.61. The van der Waals surface area contributed by atoms with Gasteiger partial charge in [0.25, 0.3) is 6.71 Å². The van der Waals surface area contributed by atoms with E-state index in [9.17, 15) is 0 Å². The number of aromatic nitrogens is 1. The van der Waals surface area contributed by atoms with Crippen molar-refractivity contribution < 1.29 is 0 Å². The number of hydrogen-bond acceptors (Lipinski definition) is 2. The second kappa shape index (κ2) is 18.3. The lowest BCUT2D eigenvalue weighted by molar-refractivity contribution is 0.592. The Morgan fingerprint density at radius 3 is 1.05 bits per heavy atom. The summed E-state index contributed by atoms with van der Waals surface area (Å²) in [6.07, 6.45) is 0. The maximum absolute atomic E-state index is 2.61. The molecule has 0 unspecified atom stereocenters. The SMILES string of the molecule is CC(C)(C)c1cc2c(cc1-c1ccccc1)N(c1cccc(-c3ccccc3)c1)c1cc(-n3c4ccccc4c4ccccc43)cc3c1B2c1cc(C(C)(C)C)c(-c2ccccc2)cc1N3c1cccc(-c2ccccc2)c1. The van der Waals surface area contributed by atoms with Gasteiger partial charge in [0.1, 0.15) is 0 Å². The highest BCUT2D eigenvalue weighted by molar-refractivity contribution is 7.00. The van der Waals surface area contributed by atoms with Gasteiger partial charge in [-0.2, -0.15) is 0 Å². The Bertz CT molecular complexity index is 4010. The molecule has 0 atom stereocenters. The van der Waals surface area contributed by atoms with Gasteiger partial charge in [-0.15, -0.1) is 0 Å². The van der Waals surface area contributed by atoms with Crippen molar-refractivity contribution in [1.82, 2.24) is 4.57 Å². The maximum Gasteiger partial charge on any atom is 0.252 e. The smallest absolute Gasteiger partial charge is 0.252 e. The van der Waals surface area contributed by atoms with E-state index in [1.54, 1.807) is 0 Å². The number of benzene rings is 11. The molecule has 0 fully saturated rings. The minimum Gasteiger partial charge on any atom is -0.311 e. The Hall–Kier alpha value is -9.12. The highest BCUT2D eigenvalue weighted by atomic mass is 15.2. The van der Waals surface area contributed by atoms with Crippen molar-refractivity contribution in [3.8, 4) is 50.2 Å². The van der Waals surface area contributed by atoms with Gasteiger partial charge in [0.15, 0.2) is 0 Å². The van der Waals surface area contributed by atoms with Crippen molar-refractivity contribution in [3.63, 3.8) is 0 Å². The van der Waals surface area contributed by atoms with Crippen molar-refractivity contribution in [1.29, 1.82) is 0 Å². The zero-order valence-corrected chi connectivity index (χ0v) is 45.2. The van der Waals surface area contributed by atoms with E-state index in [-0.39, 0.29) is 17.5 Å². The summed E-state index contributed by atoms with van der Waals surface area (Å²) in [5.41, 5.74) is 26.2. The zero-order chi connectivity index (χ0) is 52.9. The number of nitrogens with zero attached hydrogens (tertiary/aromatic N) is 3. The molecule has 0 saturated heterocycles. The first kappa shape index (κ1) is 47.3. The van der Waals surface area contributed by atoms with E-state index in [2.05, 4.69) is 311 Å². The van der Waals surface area contributed by atoms with Crippen molar-refractivity contribution in [2.75, 3.05) is 9.80 Å². The molecule has 3 nitrogen and oxygen atoms in total. The van der Waals surface area contributed by atoms with Crippen LogP contribution in [-0.2, 0) is 10.8 Å². The standard InChI is InChI=1S/C74H60BN3/c1-73(2,3)62-47-64-68(45-60(62)51-29-15-9-16-30-51)76(55-35-23-33-53(41-55)49-25-11-7-12-26-49)70-43-57(78-66-39-21-19-37-58(66)59-38-20-22-40-67(59)78)44-71-72(70)75(64)65-48-63(74(4,5)6)61(52-31-17-10-18-32-52)46-69(65)77(71)56-36-24-34-54(42-56)50-27-13-8-14-28-50/h7-48H,1-6H3. The fourth-order valence-electron chi connectivity index (χ4n) is 12.8. The highest BCUT2D eigenvalue weighted by Crippen LogP contribution is 2.50. The van der Waals surface area contributed by atoms with E-state index in [0.717, 1.165) is 28.4 Å². The van der Waals surface area contributed by atoms with Gasteiger partial charge in [0, 0.05) is 44.9 Å². The topological polar surface area (TPSA) is 11.4 Å². The molecule has 4 heteroatoms. The Labute approximate surface area is 459 Å². The van der Waals surface area contributed by atoms with Gasteiger partial charge < -0.3 is 14.4 Å². The highest BCUT2D eigenvalue weighted by Gasteiger charge is 2.46. The molecule has 374 valence electrons. The van der Waals surface area contributed by atoms with Crippen LogP contribution in [0.1, 0.15) is 52.7 Å². The molecule has 0 spiro atoms. The average molecular weight is 1000 g/mol. The summed E-state index contributed by atoms with van der Waals surface area (Å²) in [6.45, 7) is 14.1. The van der Waals surface area contributed by atoms with Crippen molar-refractivity contribution >= 4 is 79.0 Å². The molecule has 12 aromatic rings. The van der Waals surface area contributed by atoms with Crippen LogP contribution in [-0.4, -0.2) is 11.3 Å². The van der Waals surface area contributed by atoms with Crippen LogP contribution in [0.15, 0.2) is 255 Å². The lowest BCUT2D eigenvalue weighted by Gasteiger charge is -2.46. The first-order valence-electron chi connectivity index (χ1n) is 27.5. The lowest BCUT2D eigenvalue weighted by atomic mass is 9.33. The third-order valence-corrected chi connectivity index (χ3v) is 16.4. The van der Waals surface area contributed by atoms with Gasteiger partial charge in [0.05, 0.1) is 16.7 Å². The third kappa shape index (κ3) is 7.80. The molecule has 78 heavy (non-hydrogen) atoms. The van der Waals surface area contributed by atoms with Crippen LogP contribution in [0.2, 0.25) is 0 Å². The fourth-order valence-corrected chi connectivity index (χ4v) is 12.8. The number of rotatable bonds is 7. The van der Waals surface area contributed by atoms with E-state index < -0.39 is 0 Å². The number of hydrogen-bond donors (Lipinski definition) is 0. The second-order valence-corrected chi connectivity index (χ2v) is 23.3. The molecule has 2 aliphatic heterocycles. The van der Waals surface area contributed by atoms with Crippen LogP contribution >= 0.6 is 0 Å². The summed E-state index contributed by atoms with van der Waals surface area (Å²) >= 11 is 0. The largest absolute Gasteiger partial charge is 0.311 e. The van der Waals surface area contributed by atoms with Crippen LogP contribution in [0.4, 0.5) is 34.1 Å². The summed E-state index contributed by atoms with van der Waals surface area (Å²) in [6, 6.07) is 95.3. The summed E-state index contributed by atoms with van der Waals surface area (Å²) in [5.74, 6) is 0. The van der Waals surface area contributed by atoms with Crippen LogP contribution in [0.5, 0.6) is 0 Å². The van der Waals surface area contributed by atoms with Gasteiger partial charge >= 0.3 is 0 Å². The van der Waals surface area contributed by atoms with Crippen LogP contribution in [0, 0.1) is 0 Å². The molecular formula is C74H60BN3. The van der Waals surface area contributed by atoms with E-state index in [1.807, 2.05) is 0 Å². The van der Waals surface area contributed by atoms with E-state index in [1.165, 1.54) is 105 Å². The first-order chi connectivity index (χ1) is 38.0. The van der Waals surface area contributed by atoms with Gasteiger partial charge in [-0.3, -0.25) is 0 Å².